The second-order valence-electron chi connectivity index (χ2n) is 6.82. The molecule has 0 aromatic heterocycles. The molecule has 0 aromatic carbocycles. The van der Waals surface area contributed by atoms with Crippen LogP contribution in [0.4, 0.5) is 0 Å². The summed E-state index contributed by atoms with van der Waals surface area (Å²) in [7, 11) is 0. The Bertz CT molecular complexity index is 413. The third-order valence-electron chi connectivity index (χ3n) is 7.34. The predicted octanol–water partition coefficient (Wildman–Crippen LogP) is 0.620. The van der Waals surface area contributed by atoms with Crippen LogP contribution in [-0.2, 0) is 9.47 Å². The van der Waals surface area contributed by atoms with Crippen LogP contribution in [0, 0.1) is 40.9 Å². The van der Waals surface area contributed by atoms with Gasteiger partial charge < -0.3 is 15.2 Å². The average Bonchev–Trinajstić information content (AvgIpc) is 2.78. The van der Waals surface area contributed by atoms with Crippen LogP contribution in [0.2, 0.25) is 0 Å². The van der Waals surface area contributed by atoms with Crippen LogP contribution in [0.5, 0.6) is 0 Å². The Kier molecular flexibility index (Phi) is 1.08. The van der Waals surface area contributed by atoms with E-state index in [1.807, 2.05) is 0 Å². The van der Waals surface area contributed by atoms with Crippen LogP contribution in [0.1, 0.15) is 6.92 Å². The Morgan fingerprint density at radius 1 is 0.938 bits per heavy atom. The van der Waals surface area contributed by atoms with Crippen LogP contribution in [0.3, 0.4) is 0 Å². The van der Waals surface area contributed by atoms with Crippen molar-refractivity contribution in [3.05, 3.63) is 0 Å². The van der Waals surface area contributed by atoms with Gasteiger partial charge >= 0.3 is 0 Å². The van der Waals surface area contributed by atoms with Crippen molar-refractivity contribution in [3.63, 3.8) is 0 Å². The van der Waals surface area contributed by atoms with Gasteiger partial charge in [0.1, 0.15) is 0 Å². The smallest absolute Gasteiger partial charge is 0.190 e. The molecule has 16 heavy (non-hydrogen) atoms. The minimum absolute atomic E-state index is 0. The molecule has 6 saturated carbocycles. The first kappa shape index (κ1) is 9.15. The first-order chi connectivity index (χ1) is 7.19. The molecule has 2 bridgehead atoms. The molecule has 4 atom stereocenters. The van der Waals surface area contributed by atoms with E-state index >= 15 is 0 Å². The van der Waals surface area contributed by atoms with Crippen molar-refractivity contribution in [2.75, 3.05) is 13.2 Å². The number of halogens is 1. The van der Waals surface area contributed by atoms with E-state index in [1.54, 1.807) is 0 Å². The van der Waals surface area contributed by atoms with Crippen LogP contribution in [0.25, 0.3) is 0 Å². The molecule has 7 rings (SSSR count). The standard InChI is InChI=1S/C12H15NO2.ClH/c1-10-4-7-5(10)9-6(10)8(4)11(7,13)12(9)14-2-3-15-12;/h4-9H,2-3,13H2,1H3;1H. The molecular formula is C12H16ClNO2. The van der Waals surface area contributed by atoms with Gasteiger partial charge in [-0.05, 0) is 35.0 Å². The fourth-order valence-corrected chi connectivity index (χ4v) is 7.36. The van der Waals surface area contributed by atoms with Crippen LogP contribution < -0.4 is 5.73 Å². The highest BCUT2D eigenvalue weighted by Crippen LogP contribution is 3.02. The van der Waals surface area contributed by atoms with Gasteiger partial charge in [0.15, 0.2) is 5.79 Å². The molecule has 3 nitrogen and oxygen atoms in total. The topological polar surface area (TPSA) is 44.5 Å². The molecule has 6 aliphatic carbocycles. The first-order valence-corrected chi connectivity index (χ1v) is 6.26. The van der Waals surface area contributed by atoms with Gasteiger partial charge in [0.2, 0.25) is 0 Å². The number of ether oxygens (including phenoxy) is 2. The second-order valence-corrected chi connectivity index (χ2v) is 6.82. The molecule has 0 amide bonds. The maximum Gasteiger partial charge on any atom is 0.190 e. The predicted molar refractivity (Wildman–Crippen MR) is 57.8 cm³/mol. The van der Waals surface area contributed by atoms with E-state index in [0.717, 1.165) is 42.8 Å². The van der Waals surface area contributed by atoms with Gasteiger partial charge in [-0.1, -0.05) is 6.92 Å². The largest absolute Gasteiger partial charge is 0.345 e. The van der Waals surface area contributed by atoms with Gasteiger partial charge in [0.25, 0.3) is 0 Å². The zero-order valence-corrected chi connectivity index (χ0v) is 10.00. The van der Waals surface area contributed by atoms with E-state index in [-0.39, 0.29) is 23.7 Å². The summed E-state index contributed by atoms with van der Waals surface area (Å²) >= 11 is 0. The lowest BCUT2D eigenvalue weighted by molar-refractivity contribution is -0.444. The lowest BCUT2D eigenvalue weighted by atomic mass is 9.12. The molecule has 1 saturated heterocycles. The Morgan fingerprint density at radius 3 is 1.94 bits per heavy atom. The van der Waals surface area contributed by atoms with E-state index in [0.29, 0.717) is 11.3 Å². The molecule has 7 fully saturated rings. The highest BCUT2D eigenvalue weighted by molar-refractivity contribution is 5.85. The number of rotatable bonds is 0. The Labute approximate surface area is 100 Å². The zero-order chi connectivity index (χ0) is 9.79. The Morgan fingerprint density at radius 2 is 1.44 bits per heavy atom. The van der Waals surface area contributed by atoms with Crippen molar-refractivity contribution < 1.29 is 9.47 Å². The Hall–Kier alpha value is 0.170. The van der Waals surface area contributed by atoms with Gasteiger partial charge in [-0.15, -0.1) is 12.4 Å². The highest BCUT2D eigenvalue weighted by atomic mass is 35.5. The van der Waals surface area contributed by atoms with E-state index in [2.05, 4.69) is 6.92 Å². The van der Waals surface area contributed by atoms with Crippen LogP contribution >= 0.6 is 12.4 Å². The molecule has 0 radical (unpaired) electrons. The molecular weight excluding hydrogens is 226 g/mol. The highest BCUT2D eigenvalue weighted by Gasteiger charge is 3.07. The van der Waals surface area contributed by atoms with Gasteiger partial charge in [0, 0.05) is 5.92 Å². The van der Waals surface area contributed by atoms with Crippen molar-refractivity contribution in [2.45, 2.75) is 18.2 Å². The van der Waals surface area contributed by atoms with Crippen LogP contribution in [-0.4, -0.2) is 24.5 Å². The van der Waals surface area contributed by atoms with Gasteiger partial charge in [-0.3, -0.25) is 0 Å². The third kappa shape index (κ3) is 0.402. The molecule has 1 spiro atoms. The summed E-state index contributed by atoms with van der Waals surface area (Å²) in [5, 5.41) is 0. The van der Waals surface area contributed by atoms with Crippen molar-refractivity contribution in [1.29, 1.82) is 0 Å². The molecule has 7 aliphatic rings. The van der Waals surface area contributed by atoms with Crippen molar-refractivity contribution in [2.24, 2.45) is 46.7 Å². The maximum atomic E-state index is 6.68. The van der Waals surface area contributed by atoms with Crippen molar-refractivity contribution >= 4 is 12.4 Å². The van der Waals surface area contributed by atoms with Crippen LogP contribution in [0.15, 0.2) is 0 Å². The lowest BCUT2D eigenvalue weighted by Crippen LogP contribution is -2.94. The zero-order valence-electron chi connectivity index (χ0n) is 9.18. The maximum absolute atomic E-state index is 6.68. The summed E-state index contributed by atoms with van der Waals surface area (Å²) < 4.78 is 12.0. The monoisotopic (exact) mass is 241 g/mol. The number of hydrogen-bond donors (Lipinski definition) is 1. The minimum Gasteiger partial charge on any atom is -0.345 e. The summed E-state index contributed by atoms with van der Waals surface area (Å²) in [5.74, 6) is 4.47. The molecule has 4 heteroatoms. The summed E-state index contributed by atoms with van der Waals surface area (Å²) in [6, 6.07) is 0. The molecule has 1 aliphatic heterocycles. The average molecular weight is 242 g/mol. The van der Waals surface area contributed by atoms with Crippen molar-refractivity contribution in [3.8, 4) is 0 Å². The molecule has 2 N–H and O–H groups in total. The van der Waals surface area contributed by atoms with Gasteiger partial charge in [0.05, 0.1) is 18.8 Å². The van der Waals surface area contributed by atoms with E-state index in [1.165, 1.54) is 0 Å². The third-order valence-corrected chi connectivity index (χ3v) is 7.34. The summed E-state index contributed by atoms with van der Waals surface area (Å²) in [5.41, 5.74) is 7.27. The lowest BCUT2D eigenvalue weighted by Gasteiger charge is -2.91. The molecule has 88 valence electrons. The normalized spacial score (nSPS) is 76.9. The fourth-order valence-electron chi connectivity index (χ4n) is 7.36. The second kappa shape index (κ2) is 1.89. The quantitative estimate of drug-likeness (QED) is 0.676. The van der Waals surface area contributed by atoms with Crippen molar-refractivity contribution in [1.82, 2.24) is 0 Å². The molecule has 4 unspecified atom stereocenters. The SMILES string of the molecule is CC12C3C4C1C1C2C3C1(N)C41OCCO1.Cl. The molecule has 0 aromatic rings. The summed E-state index contributed by atoms with van der Waals surface area (Å²) in [4.78, 5) is 0. The Balaban J connectivity index is 0.000000667. The summed E-state index contributed by atoms with van der Waals surface area (Å²) in [6.45, 7) is 4.00. The molecule has 1 heterocycles. The van der Waals surface area contributed by atoms with Gasteiger partial charge in [-0.25, -0.2) is 0 Å². The van der Waals surface area contributed by atoms with E-state index in [9.17, 15) is 0 Å². The summed E-state index contributed by atoms with van der Waals surface area (Å²) in [6.07, 6.45) is 0. The first-order valence-electron chi connectivity index (χ1n) is 6.26. The van der Waals surface area contributed by atoms with E-state index < -0.39 is 0 Å². The van der Waals surface area contributed by atoms with Gasteiger partial charge in [-0.2, -0.15) is 0 Å². The number of hydrogen-bond acceptors (Lipinski definition) is 3. The minimum atomic E-state index is -0.329. The van der Waals surface area contributed by atoms with E-state index in [4.69, 9.17) is 15.2 Å². The fraction of sp³-hybridized carbons (Fsp3) is 1.00. The number of nitrogens with two attached hydrogens (primary N) is 1.